The van der Waals surface area contributed by atoms with Crippen molar-refractivity contribution >= 4 is 34.5 Å². The molecule has 1 aliphatic heterocycles. The normalized spacial score (nSPS) is 15.8. The second kappa shape index (κ2) is 6.37. The highest BCUT2D eigenvalue weighted by Crippen LogP contribution is 2.15. The molecule has 3 rings (SSSR count). The number of para-hydroxylation sites is 2. The molecule has 0 bridgehead atoms. The lowest BCUT2D eigenvalue weighted by atomic mass is 10.3. The van der Waals surface area contributed by atoms with Gasteiger partial charge in [0.1, 0.15) is 5.84 Å². The van der Waals surface area contributed by atoms with Crippen molar-refractivity contribution in [1.82, 2.24) is 5.43 Å². The predicted octanol–water partition coefficient (Wildman–Crippen LogP) is 3.20. The van der Waals surface area contributed by atoms with E-state index in [-0.39, 0.29) is 0 Å². The summed E-state index contributed by atoms with van der Waals surface area (Å²) < 4.78 is 0. The first-order valence-corrected chi connectivity index (χ1v) is 7.25. The van der Waals surface area contributed by atoms with Crippen molar-refractivity contribution in [1.29, 1.82) is 0 Å². The number of nitrogens with one attached hydrogen (secondary N) is 2. The van der Waals surface area contributed by atoms with Crippen LogP contribution in [-0.4, -0.2) is 17.5 Å². The Morgan fingerprint density at radius 2 is 1.71 bits per heavy atom. The molecule has 0 radical (unpaired) electrons. The first-order chi connectivity index (χ1) is 10.3. The van der Waals surface area contributed by atoms with Gasteiger partial charge in [0, 0.05) is 18.7 Å². The summed E-state index contributed by atoms with van der Waals surface area (Å²) in [7, 11) is 0. The van der Waals surface area contributed by atoms with E-state index < -0.39 is 0 Å². The minimum absolute atomic E-state index is 0.471. The lowest BCUT2D eigenvalue weighted by Gasteiger charge is -2.17. The van der Waals surface area contributed by atoms with Gasteiger partial charge >= 0.3 is 0 Å². The Labute approximate surface area is 129 Å². The van der Waals surface area contributed by atoms with Gasteiger partial charge in [-0.05, 0) is 36.5 Å². The molecule has 0 amide bonds. The van der Waals surface area contributed by atoms with Gasteiger partial charge in [0.25, 0.3) is 0 Å². The fourth-order valence-electron chi connectivity index (χ4n) is 2.16. The molecule has 21 heavy (non-hydrogen) atoms. The Bertz CT molecular complexity index is 640. The molecule has 0 saturated carbocycles. The highest BCUT2D eigenvalue weighted by atomic mass is 32.1. The van der Waals surface area contributed by atoms with Crippen molar-refractivity contribution in [3.63, 3.8) is 0 Å². The van der Waals surface area contributed by atoms with Gasteiger partial charge in [0.05, 0.1) is 5.69 Å². The Kier molecular flexibility index (Phi) is 4.12. The van der Waals surface area contributed by atoms with Crippen LogP contribution < -0.4 is 15.8 Å². The summed E-state index contributed by atoms with van der Waals surface area (Å²) in [6.07, 6.45) is 0.853. The Hall–Kier alpha value is -2.40. The average molecular weight is 296 g/mol. The number of thiocarbonyl (C=S) groups is 1. The zero-order valence-corrected chi connectivity index (χ0v) is 12.3. The highest BCUT2D eigenvalue weighted by Gasteiger charge is 2.17. The van der Waals surface area contributed by atoms with Crippen LogP contribution in [0.1, 0.15) is 6.42 Å². The molecule has 1 fully saturated rings. The summed E-state index contributed by atoms with van der Waals surface area (Å²) in [6.45, 7) is 0.886. The lowest BCUT2D eigenvalue weighted by molar-refractivity contribution is 0.858. The third-order valence-corrected chi connectivity index (χ3v) is 3.36. The van der Waals surface area contributed by atoms with Gasteiger partial charge in [-0.3, -0.25) is 10.4 Å². The molecule has 2 aromatic carbocycles. The number of rotatable bonds is 2. The quantitative estimate of drug-likeness (QED) is 0.835. The number of aliphatic imine (C=N–C) groups is 1. The van der Waals surface area contributed by atoms with Gasteiger partial charge in [-0.15, -0.1) is 0 Å². The molecule has 106 valence electrons. The fraction of sp³-hybridized carbons (Fsp3) is 0.125. The standard InChI is InChI=1S/C16H16N4S/c21-16(17-13-7-3-1-4-8-13)18-15-11-12-20(19-15)14-9-5-2-6-10-14/h1-10H,11-12H2,(H2,17,18,19,21). The Balaban J connectivity index is 1.62. The second-order valence-corrected chi connectivity index (χ2v) is 5.09. The van der Waals surface area contributed by atoms with Gasteiger partial charge in [0.2, 0.25) is 0 Å². The summed E-state index contributed by atoms with van der Waals surface area (Å²) in [5.41, 5.74) is 5.36. The number of amidine groups is 1. The van der Waals surface area contributed by atoms with Crippen LogP contribution >= 0.6 is 12.2 Å². The highest BCUT2D eigenvalue weighted by molar-refractivity contribution is 7.80. The summed E-state index contributed by atoms with van der Waals surface area (Å²) in [6, 6.07) is 20.0. The summed E-state index contributed by atoms with van der Waals surface area (Å²) in [5, 5.41) is 5.65. The first-order valence-electron chi connectivity index (χ1n) is 6.84. The van der Waals surface area contributed by atoms with Crippen LogP contribution in [0.25, 0.3) is 0 Å². The monoisotopic (exact) mass is 296 g/mol. The van der Waals surface area contributed by atoms with Crippen molar-refractivity contribution in [2.24, 2.45) is 4.99 Å². The first kappa shape index (κ1) is 13.6. The smallest absolute Gasteiger partial charge is 0.198 e. The minimum atomic E-state index is 0.471. The Morgan fingerprint density at radius 3 is 2.43 bits per heavy atom. The molecule has 0 aromatic heterocycles. The largest absolute Gasteiger partial charge is 0.331 e. The lowest BCUT2D eigenvalue weighted by Crippen LogP contribution is -2.33. The van der Waals surface area contributed by atoms with Crippen molar-refractivity contribution in [3.8, 4) is 0 Å². The second-order valence-electron chi connectivity index (χ2n) is 4.70. The molecule has 5 heteroatoms. The van der Waals surface area contributed by atoms with E-state index in [1.807, 2.05) is 48.5 Å². The van der Waals surface area contributed by atoms with Crippen LogP contribution in [0, 0.1) is 0 Å². The maximum absolute atomic E-state index is 5.27. The predicted molar refractivity (Wildman–Crippen MR) is 91.6 cm³/mol. The topological polar surface area (TPSA) is 39.7 Å². The SMILES string of the molecule is S=C(/N=C1/CCN(c2ccccc2)N1)Nc1ccccc1. The van der Waals surface area contributed by atoms with Gasteiger partial charge in [-0.1, -0.05) is 36.4 Å². The maximum atomic E-state index is 5.27. The molecule has 1 aliphatic rings. The van der Waals surface area contributed by atoms with Gasteiger partial charge < -0.3 is 5.32 Å². The van der Waals surface area contributed by atoms with E-state index in [4.69, 9.17) is 12.2 Å². The van der Waals surface area contributed by atoms with Crippen molar-refractivity contribution in [3.05, 3.63) is 60.7 Å². The van der Waals surface area contributed by atoms with E-state index in [0.717, 1.165) is 30.2 Å². The zero-order chi connectivity index (χ0) is 14.5. The van der Waals surface area contributed by atoms with Crippen LogP contribution in [-0.2, 0) is 0 Å². The number of nitrogens with zero attached hydrogens (tertiary/aromatic N) is 2. The van der Waals surface area contributed by atoms with Crippen molar-refractivity contribution in [2.45, 2.75) is 6.42 Å². The van der Waals surface area contributed by atoms with Crippen molar-refractivity contribution < 1.29 is 0 Å². The molecule has 0 unspecified atom stereocenters. The molecule has 0 atom stereocenters. The molecule has 1 saturated heterocycles. The summed E-state index contributed by atoms with van der Waals surface area (Å²) in [5.74, 6) is 0.882. The molecule has 2 N–H and O–H groups in total. The summed E-state index contributed by atoms with van der Waals surface area (Å²) >= 11 is 5.27. The van der Waals surface area contributed by atoms with Gasteiger partial charge in [0.15, 0.2) is 5.11 Å². The van der Waals surface area contributed by atoms with Gasteiger partial charge in [-0.25, -0.2) is 4.99 Å². The number of hydrogen-bond donors (Lipinski definition) is 2. The van der Waals surface area contributed by atoms with E-state index in [9.17, 15) is 0 Å². The zero-order valence-electron chi connectivity index (χ0n) is 11.5. The fourth-order valence-corrected chi connectivity index (χ4v) is 2.39. The molecular formula is C16H16N4S. The maximum Gasteiger partial charge on any atom is 0.198 e. The van der Waals surface area contributed by atoms with Crippen LogP contribution in [0.15, 0.2) is 65.7 Å². The molecule has 4 nitrogen and oxygen atoms in total. The number of benzene rings is 2. The van der Waals surface area contributed by atoms with E-state index >= 15 is 0 Å². The van der Waals surface area contributed by atoms with E-state index in [1.165, 1.54) is 0 Å². The Morgan fingerprint density at radius 1 is 1.05 bits per heavy atom. The van der Waals surface area contributed by atoms with Crippen molar-refractivity contribution in [2.75, 3.05) is 16.9 Å². The summed E-state index contributed by atoms with van der Waals surface area (Å²) in [4.78, 5) is 4.43. The third-order valence-electron chi connectivity index (χ3n) is 3.17. The van der Waals surface area contributed by atoms with Crippen LogP contribution in [0.3, 0.4) is 0 Å². The molecule has 1 heterocycles. The van der Waals surface area contributed by atoms with Crippen LogP contribution in [0.4, 0.5) is 11.4 Å². The molecule has 2 aromatic rings. The number of hydrazine groups is 1. The number of hydrogen-bond acceptors (Lipinski definition) is 2. The van der Waals surface area contributed by atoms with Gasteiger partial charge in [-0.2, -0.15) is 0 Å². The van der Waals surface area contributed by atoms with E-state index in [0.29, 0.717) is 5.11 Å². The van der Waals surface area contributed by atoms with Crippen LogP contribution in [0.2, 0.25) is 0 Å². The molecular weight excluding hydrogens is 280 g/mol. The van der Waals surface area contributed by atoms with Crippen LogP contribution in [0.5, 0.6) is 0 Å². The molecule has 0 spiro atoms. The number of anilines is 2. The van der Waals surface area contributed by atoms with E-state index in [2.05, 4.69) is 32.9 Å². The minimum Gasteiger partial charge on any atom is -0.331 e. The van der Waals surface area contributed by atoms with E-state index in [1.54, 1.807) is 0 Å². The molecule has 0 aliphatic carbocycles. The third kappa shape index (κ3) is 3.58. The average Bonchev–Trinajstić information content (AvgIpc) is 2.97.